The van der Waals surface area contributed by atoms with Gasteiger partial charge in [0.15, 0.2) is 5.82 Å². The van der Waals surface area contributed by atoms with Gasteiger partial charge in [0.2, 0.25) is 5.91 Å². The van der Waals surface area contributed by atoms with E-state index in [2.05, 4.69) is 20.2 Å². The van der Waals surface area contributed by atoms with Crippen LogP contribution in [0, 0.1) is 0 Å². The van der Waals surface area contributed by atoms with Gasteiger partial charge in [-0.15, -0.1) is 0 Å². The fourth-order valence-electron chi connectivity index (χ4n) is 3.45. The lowest BCUT2D eigenvalue weighted by Crippen LogP contribution is -2.48. The molecule has 0 aromatic carbocycles. The molecular weight excluding hydrogens is 266 g/mol. The van der Waals surface area contributed by atoms with Crippen LogP contribution in [0.25, 0.3) is 0 Å². The molecule has 0 aliphatic carbocycles. The minimum Gasteiger partial charge on any atom is -0.308 e. The number of carbonyl (C=O) groups excluding carboxylic acids is 1. The summed E-state index contributed by atoms with van der Waals surface area (Å²) in [5, 5.41) is 7.05. The van der Waals surface area contributed by atoms with Crippen molar-refractivity contribution in [1.82, 2.24) is 19.6 Å². The second-order valence-corrected chi connectivity index (χ2v) is 6.20. The van der Waals surface area contributed by atoms with Gasteiger partial charge in [-0.2, -0.15) is 5.10 Å². The SMILES string of the molecule is Cn1ccc(NC(=O)CN2CCC[C@H](N3CCCC3)C2)n1. The highest BCUT2D eigenvalue weighted by molar-refractivity contribution is 5.91. The van der Waals surface area contributed by atoms with Gasteiger partial charge in [-0.1, -0.05) is 0 Å². The molecule has 1 N–H and O–H groups in total. The second kappa shape index (κ2) is 6.58. The monoisotopic (exact) mass is 291 g/mol. The first kappa shape index (κ1) is 14.5. The maximum absolute atomic E-state index is 12.1. The Hall–Kier alpha value is -1.40. The minimum atomic E-state index is 0.0378. The molecule has 6 nitrogen and oxygen atoms in total. The molecule has 6 heteroatoms. The van der Waals surface area contributed by atoms with Crippen molar-refractivity contribution >= 4 is 11.7 Å². The predicted molar refractivity (Wildman–Crippen MR) is 82.1 cm³/mol. The molecule has 2 aliphatic rings. The van der Waals surface area contributed by atoms with Crippen LogP contribution in [0.2, 0.25) is 0 Å². The van der Waals surface area contributed by atoms with E-state index in [1.54, 1.807) is 4.68 Å². The summed E-state index contributed by atoms with van der Waals surface area (Å²) in [7, 11) is 1.85. The van der Waals surface area contributed by atoms with Gasteiger partial charge in [-0.05, 0) is 45.3 Å². The topological polar surface area (TPSA) is 53.4 Å². The molecule has 0 spiro atoms. The molecule has 1 atom stereocenters. The van der Waals surface area contributed by atoms with Gasteiger partial charge in [0.25, 0.3) is 0 Å². The van der Waals surface area contributed by atoms with E-state index in [1.807, 2.05) is 19.3 Å². The lowest BCUT2D eigenvalue weighted by atomic mass is 10.0. The lowest BCUT2D eigenvalue weighted by Gasteiger charge is -2.37. The summed E-state index contributed by atoms with van der Waals surface area (Å²) in [5.41, 5.74) is 0. The summed E-state index contributed by atoms with van der Waals surface area (Å²) < 4.78 is 1.69. The van der Waals surface area contributed by atoms with Crippen LogP contribution < -0.4 is 5.32 Å². The average molecular weight is 291 g/mol. The van der Waals surface area contributed by atoms with E-state index >= 15 is 0 Å². The Bertz CT molecular complexity index is 480. The van der Waals surface area contributed by atoms with Gasteiger partial charge in [0.05, 0.1) is 6.54 Å². The van der Waals surface area contributed by atoms with E-state index in [0.717, 1.165) is 13.1 Å². The number of nitrogens with one attached hydrogen (secondary N) is 1. The van der Waals surface area contributed by atoms with Crippen LogP contribution in [0.1, 0.15) is 25.7 Å². The molecule has 1 aromatic heterocycles. The lowest BCUT2D eigenvalue weighted by molar-refractivity contribution is -0.117. The summed E-state index contributed by atoms with van der Waals surface area (Å²) >= 11 is 0. The molecule has 21 heavy (non-hydrogen) atoms. The van der Waals surface area contributed by atoms with E-state index in [-0.39, 0.29) is 5.91 Å². The Kier molecular flexibility index (Phi) is 4.55. The first-order chi connectivity index (χ1) is 10.2. The summed E-state index contributed by atoms with van der Waals surface area (Å²) in [6, 6.07) is 2.46. The van der Waals surface area contributed by atoms with Gasteiger partial charge in [0, 0.05) is 31.9 Å². The quantitative estimate of drug-likeness (QED) is 0.896. The van der Waals surface area contributed by atoms with Crippen molar-refractivity contribution in [2.24, 2.45) is 7.05 Å². The van der Waals surface area contributed by atoms with Gasteiger partial charge < -0.3 is 5.32 Å². The van der Waals surface area contributed by atoms with Gasteiger partial charge in [-0.25, -0.2) is 0 Å². The van der Waals surface area contributed by atoms with Crippen molar-refractivity contribution < 1.29 is 4.79 Å². The standard InChI is InChI=1S/C15H25N5O/c1-18-10-6-14(17-18)16-15(21)12-19-7-4-5-13(11-19)20-8-2-3-9-20/h6,10,13H,2-5,7-9,11-12H2,1H3,(H,16,17,21)/t13-/m0/s1. The number of likely N-dealkylation sites (tertiary alicyclic amines) is 2. The molecule has 2 fully saturated rings. The Morgan fingerprint density at radius 3 is 2.86 bits per heavy atom. The molecule has 2 aliphatic heterocycles. The fraction of sp³-hybridized carbons (Fsp3) is 0.733. The molecule has 0 bridgehead atoms. The van der Waals surface area contributed by atoms with E-state index in [0.29, 0.717) is 18.4 Å². The molecule has 2 saturated heterocycles. The van der Waals surface area contributed by atoms with Crippen LogP contribution in [-0.2, 0) is 11.8 Å². The largest absolute Gasteiger partial charge is 0.308 e. The Labute approximate surface area is 126 Å². The van der Waals surface area contributed by atoms with Crippen molar-refractivity contribution in [3.63, 3.8) is 0 Å². The fourth-order valence-corrected chi connectivity index (χ4v) is 3.45. The molecular formula is C15H25N5O. The molecule has 0 unspecified atom stereocenters. The van der Waals surface area contributed by atoms with Gasteiger partial charge >= 0.3 is 0 Å². The van der Waals surface area contributed by atoms with Crippen LogP contribution in [-0.4, -0.2) is 64.3 Å². The highest BCUT2D eigenvalue weighted by atomic mass is 16.2. The first-order valence-electron chi connectivity index (χ1n) is 7.96. The van der Waals surface area contributed by atoms with Gasteiger partial charge in [-0.3, -0.25) is 19.3 Å². The maximum Gasteiger partial charge on any atom is 0.239 e. The third kappa shape index (κ3) is 3.83. The number of carbonyl (C=O) groups is 1. The first-order valence-corrected chi connectivity index (χ1v) is 7.96. The molecule has 116 valence electrons. The van der Waals surface area contributed by atoms with E-state index in [4.69, 9.17) is 0 Å². The van der Waals surface area contributed by atoms with Crippen LogP contribution in [0.15, 0.2) is 12.3 Å². The number of piperidine rings is 1. The van der Waals surface area contributed by atoms with Crippen molar-refractivity contribution in [2.75, 3.05) is 38.0 Å². The third-order valence-corrected chi connectivity index (χ3v) is 4.49. The number of hydrogen-bond acceptors (Lipinski definition) is 4. The van der Waals surface area contributed by atoms with Crippen molar-refractivity contribution in [3.05, 3.63) is 12.3 Å². The van der Waals surface area contributed by atoms with Gasteiger partial charge in [0.1, 0.15) is 0 Å². The van der Waals surface area contributed by atoms with Crippen molar-refractivity contribution in [3.8, 4) is 0 Å². The number of amides is 1. The summed E-state index contributed by atoms with van der Waals surface area (Å²) in [6.45, 7) is 4.99. The zero-order chi connectivity index (χ0) is 14.7. The molecule has 1 aromatic rings. The number of hydrogen-bond donors (Lipinski definition) is 1. The molecule has 3 heterocycles. The Morgan fingerprint density at radius 2 is 2.14 bits per heavy atom. The maximum atomic E-state index is 12.1. The number of rotatable bonds is 4. The van der Waals surface area contributed by atoms with Crippen molar-refractivity contribution in [2.45, 2.75) is 31.7 Å². The Morgan fingerprint density at radius 1 is 1.33 bits per heavy atom. The van der Waals surface area contributed by atoms with E-state index < -0.39 is 0 Å². The molecule has 3 rings (SSSR count). The van der Waals surface area contributed by atoms with E-state index in [9.17, 15) is 4.79 Å². The van der Waals surface area contributed by atoms with Crippen LogP contribution in [0.5, 0.6) is 0 Å². The highest BCUT2D eigenvalue weighted by Crippen LogP contribution is 2.20. The minimum absolute atomic E-state index is 0.0378. The normalized spacial score (nSPS) is 24.3. The van der Waals surface area contributed by atoms with Crippen molar-refractivity contribution in [1.29, 1.82) is 0 Å². The molecule has 1 amide bonds. The average Bonchev–Trinajstić information content (AvgIpc) is 3.11. The molecule has 0 radical (unpaired) electrons. The summed E-state index contributed by atoms with van der Waals surface area (Å²) in [6.07, 6.45) is 6.96. The van der Waals surface area contributed by atoms with Crippen LogP contribution >= 0.6 is 0 Å². The number of anilines is 1. The summed E-state index contributed by atoms with van der Waals surface area (Å²) in [4.78, 5) is 17.0. The zero-order valence-electron chi connectivity index (χ0n) is 12.8. The van der Waals surface area contributed by atoms with E-state index in [1.165, 1.54) is 38.8 Å². The Balaban J connectivity index is 1.48. The number of aromatic nitrogens is 2. The molecule has 0 saturated carbocycles. The zero-order valence-corrected chi connectivity index (χ0v) is 12.8. The summed E-state index contributed by atoms with van der Waals surface area (Å²) in [5.74, 6) is 0.673. The highest BCUT2D eigenvalue weighted by Gasteiger charge is 2.27. The van der Waals surface area contributed by atoms with Crippen LogP contribution in [0.3, 0.4) is 0 Å². The number of nitrogens with zero attached hydrogens (tertiary/aromatic N) is 4. The van der Waals surface area contributed by atoms with Crippen LogP contribution in [0.4, 0.5) is 5.82 Å². The smallest absolute Gasteiger partial charge is 0.239 e. The number of aryl methyl sites for hydroxylation is 1. The second-order valence-electron chi connectivity index (χ2n) is 6.20. The third-order valence-electron chi connectivity index (χ3n) is 4.49. The predicted octanol–water partition coefficient (Wildman–Crippen LogP) is 0.919.